The van der Waals surface area contributed by atoms with Crippen molar-refractivity contribution in [2.24, 2.45) is 5.73 Å². The van der Waals surface area contributed by atoms with Crippen LogP contribution in [0.1, 0.15) is 17.0 Å². The van der Waals surface area contributed by atoms with Crippen LogP contribution in [0.5, 0.6) is 11.5 Å². The van der Waals surface area contributed by atoms with Crippen LogP contribution in [-0.4, -0.2) is 17.4 Å². The van der Waals surface area contributed by atoms with E-state index in [0.717, 1.165) is 17.0 Å². The molecule has 2 N–H and O–H groups in total. The number of aromatic nitrogens is 2. The maximum absolute atomic E-state index is 5.67. The fourth-order valence-electron chi connectivity index (χ4n) is 1.51. The van der Waals surface area contributed by atoms with Gasteiger partial charge in [0.15, 0.2) is 0 Å². The molecular formula is C12H15N3O3. The maximum atomic E-state index is 5.67. The van der Waals surface area contributed by atoms with Crippen LogP contribution >= 0.6 is 0 Å². The van der Waals surface area contributed by atoms with Gasteiger partial charge in [0.05, 0.1) is 7.11 Å². The zero-order valence-corrected chi connectivity index (χ0v) is 10.3. The highest BCUT2D eigenvalue weighted by Gasteiger charge is 2.08. The molecule has 2 rings (SSSR count). The van der Waals surface area contributed by atoms with Crippen LogP contribution in [-0.2, 0) is 13.2 Å². The van der Waals surface area contributed by atoms with E-state index in [0.29, 0.717) is 24.6 Å². The SMILES string of the molecule is COc1ccc(OCc2nonc2C)c(CN)c1. The molecule has 2 aromatic rings. The zero-order chi connectivity index (χ0) is 13.0. The molecule has 0 bridgehead atoms. The molecule has 6 heteroatoms. The molecule has 0 aliphatic carbocycles. The molecule has 0 aliphatic heterocycles. The fraction of sp³-hybridized carbons (Fsp3) is 0.333. The number of nitrogens with two attached hydrogens (primary N) is 1. The van der Waals surface area contributed by atoms with Gasteiger partial charge >= 0.3 is 0 Å². The Hall–Kier alpha value is -2.08. The largest absolute Gasteiger partial charge is 0.497 e. The Bertz CT molecular complexity index is 525. The second kappa shape index (κ2) is 5.50. The van der Waals surface area contributed by atoms with Gasteiger partial charge in [-0.2, -0.15) is 0 Å². The molecule has 1 heterocycles. The number of hydrogen-bond donors (Lipinski definition) is 1. The summed E-state index contributed by atoms with van der Waals surface area (Å²) in [7, 11) is 1.61. The third-order valence-electron chi connectivity index (χ3n) is 2.60. The van der Waals surface area contributed by atoms with Gasteiger partial charge in [0.25, 0.3) is 0 Å². The third-order valence-corrected chi connectivity index (χ3v) is 2.60. The van der Waals surface area contributed by atoms with E-state index in [4.69, 9.17) is 15.2 Å². The van der Waals surface area contributed by atoms with Crippen LogP contribution in [0.4, 0.5) is 0 Å². The lowest BCUT2D eigenvalue weighted by Gasteiger charge is -2.10. The minimum atomic E-state index is 0.300. The van der Waals surface area contributed by atoms with Crippen LogP contribution in [0.15, 0.2) is 22.8 Å². The highest BCUT2D eigenvalue weighted by molar-refractivity contribution is 5.40. The van der Waals surface area contributed by atoms with E-state index in [-0.39, 0.29) is 0 Å². The Morgan fingerprint density at radius 1 is 1.33 bits per heavy atom. The average Bonchev–Trinajstić information content (AvgIpc) is 2.81. The van der Waals surface area contributed by atoms with Crippen molar-refractivity contribution < 1.29 is 14.1 Å². The minimum absolute atomic E-state index is 0.300. The van der Waals surface area contributed by atoms with Crippen molar-refractivity contribution in [3.8, 4) is 11.5 Å². The summed E-state index contributed by atoms with van der Waals surface area (Å²) in [5.74, 6) is 1.46. The highest BCUT2D eigenvalue weighted by Crippen LogP contribution is 2.24. The molecule has 0 saturated carbocycles. The summed E-state index contributed by atoms with van der Waals surface area (Å²) in [6, 6.07) is 5.50. The van der Waals surface area contributed by atoms with Crippen molar-refractivity contribution in [1.82, 2.24) is 10.3 Å². The van der Waals surface area contributed by atoms with E-state index in [1.54, 1.807) is 7.11 Å². The van der Waals surface area contributed by atoms with Crippen molar-refractivity contribution in [2.45, 2.75) is 20.1 Å². The van der Waals surface area contributed by atoms with Crippen LogP contribution in [0.3, 0.4) is 0 Å². The number of aryl methyl sites for hydroxylation is 1. The van der Waals surface area contributed by atoms with Gasteiger partial charge in [0, 0.05) is 12.1 Å². The second-order valence-electron chi connectivity index (χ2n) is 3.76. The first-order valence-corrected chi connectivity index (χ1v) is 5.52. The Labute approximate surface area is 105 Å². The fourth-order valence-corrected chi connectivity index (χ4v) is 1.51. The first-order valence-electron chi connectivity index (χ1n) is 5.52. The molecule has 0 spiro atoms. The summed E-state index contributed by atoms with van der Waals surface area (Å²) in [6.45, 7) is 2.49. The van der Waals surface area contributed by atoms with Crippen molar-refractivity contribution in [3.63, 3.8) is 0 Å². The normalized spacial score (nSPS) is 10.4. The van der Waals surface area contributed by atoms with Crippen molar-refractivity contribution in [1.29, 1.82) is 0 Å². The molecule has 0 atom stereocenters. The summed E-state index contributed by atoms with van der Waals surface area (Å²) in [5.41, 5.74) is 7.94. The first kappa shape index (κ1) is 12.4. The lowest BCUT2D eigenvalue weighted by molar-refractivity contribution is 0.268. The molecule has 1 aromatic carbocycles. The van der Waals surface area contributed by atoms with Gasteiger partial charge in [-0.15, -0.1) is 0 Å². The number of ether oxygens (including phenoxy) is 2. The first-order chi connectivity index (χ1) is 8.74. The Morgan fingerprint density at radius 2 is 2.17 bits per heavy atom. The molecule has 6 nitrogen and oxygen atoms in total. The monoisotopic (exact) mass is 249 g/mol. The van der Waals surface area contributed by atoms with Crippen LogP contribution in [0, 0.1) is 6.92 Å². The second-order valence-corrected chi connectivity index (χ2v) is 3.76. The van der Waals surface area contributed by atoms with Gasteiger partial charge < -0.3 is 15.2 Å². The highest BCUT2D eigenvalue weighted by atomic mass is 16.6. The maximum Gasteiger partial charge on any atom is 0.145 e. The lowest BCUT2D eigenvalue weighted by atomic mass is 10.2. The molecule has 96 valence electrons. The number of rotatable bonds is 5. The summed E-state index contributed by atoms with van der Waals surface area (Å²) in [4.78, 5) is 0. The predicted molar refractivity (Wildman–Crippen MR) is 64.3 cm³/mol. The van der Waals surface area contributed by atoms with Crippen molar-refractivity contribution in [2.75, 3.05) is 7.11 Å². The zero-order valence-electron chi connectivity index (χ0n) is 10.3. The van der Waals surface area contributed by atoms with E-state index in [2.05, 4.69) is 14.9 Å². The van der Waals surface area contributed by atoms with E-state index in [1.807, 2.05) is 25.1 Å². The topological polar surface area (TPSA) is 83.4 Å². The summed E-state index contributed by atoms with van der Waals surface area (Å²) >= 11 is 0. The third kappa shape index (κ3) is 2.60. The van der Waals surface area contributed by atoms with Gasteiger partial charge in [0.2, 0.25) is 0 Å². The predicted octanol–water partition coefficient (Wildman–Crippen LogP) is 1.42. The Kier molecular flexibility index (Phi) is 3.78. The van der Waals surface area contributed by atoms with Crippen LogP contribution in [0.2, 0.25) is 0 Å². The summed E-state index contributed by atoms with van der Waals surface area (Å²) in [6.07, 6.45) is 0. The Morgan fingerprint density at radius 3 is 2.78 bits per heavy atom. The standard InChI is InChI=1S/C12H15N3O3/c1-8-11(15-18-14-8)7-17-12-4-3-10(16-2)5-9(12)6-13/h3-5H,6-7,13H2,1-2H3. The average molecular weight is 249 g/mol. The number of nitrogens with zero attached hydrogens (tertiary/aromatic N) is 2. The molecule has 0 saturated heterocycles. The van der Waals surface area contributed by atoms with Gasteiger partial charge in [0.1, 0.15) is 29.5 Å². The van der Waals surface area contributed by atoms with E-state index in [1.165, 1.54) is 0 Å². The molecule has 0 aliphatic rings. The van der Waals surface area contributed by atoms with Crippen LogP contribution in [0.25, 0.3) is 0 Å². The number of methoxy groups -OCH3 is 1. The molecule has 0 unspecified atom stereocenters. The smallest absolute Gasteiger partial charge is 0.145 e. The van der Waals surface area contributed by atoms with Gasteiger partial charge in [-0.05, 0) is 25.1 Å². The molecule has 0 radical (unpaired) electrons. The molecule has 0 amide bonds. The van der Waals surface area contributed by atoms with E-state index >= 15 is 0 Å². The molecular weight excluding hydrogens is 234 g/mol. The van der Waals surface area contributed by atoms with Crippen molar-refractivity contribution >= 4 is 0 Å². The van der Waals surface area contributed by atoms with Crippen molar-refractivity contribution in [3.05, 3.63) is 35.2 Å². The number of benzene rings is 1. The van der Waals surface area contributed by atoms with Gasteiger partial charge in [-0.25, -0.2) is 4.63 Å². The van der Waals surface area contributed by atoms with E-state index in [9.17, 15) is 0 Å². The summed E-state index contributed by atoms with van der Waals surface area (Å²) in [5, 5.41) is 7.44. The quantitative estimate of drug-likeness (QED) is 0.862. The molecule has 1 aromatic heterocycles. The minimum Gasteiger partial charge on any atom is -0.497 e. The van der Waals surface area contributed by atoms with Gasteiger partial charge in [-0.3, -0.25) is 0 Å². The molecule has 0 fully saturated rings. The van der Waals surface area contributed by atoms with Crippen LogP contribution < -0.4 is 15.2 Å². The van der Waals surface area contributed by atoms with Gasteiger partial charge in [-0.1, -0.05) is 10.3 Å². The number of hydrogen-bond acceptors (Lipinski definition) is 6. The lowest BCUT2D eigenvalue weighted by Crippen LogP contribution is -2.04. The Balaban J connectivity index is 2.11. The van der Waals surface area contributed by atoms with E-state index < -0.39 is 0 Å². The summed E-state index contributed by atoms with van der Waals surface area (Å²) < 4.78 is 15.4. The molecule has 18 heavy (non-hydrogen) atoms.